The highest BCUT2D eigenvalue weighted by atomic mass is 32.2. The van der Waals surface area contributed by atoms with Gasteiger partial charge in [0.15, 0.2) is 0 Å². The molecule has 3 rings (SSSR count). The van der Waals surface area contributed by atoms with Gasteiger partial charge in [-0.3, -0.25) is 4.79 Å². The summed E-state index contributed by atoms with van der Waals surface area (Å²) < 4.78 is 5.41. The van der Waals surface area contributed by atoms with Gasteiger partial charge in [-0.1, -0.05) is 30.3 Å². The summed E-state index contributed by atoms with van der Waals surface area (Å²) >= 11 is 1.75. The summed E-state index contributed by atoms with van der Waals surface area (Å²) in [5.41, 5.74) is 2.13. The second kappa shape index (κ2) is 8.62. The largest absolute Gasteiger partial charge is 0.494 e. The monoisotopic (exact) mass is 354 g/mol. The number of para-hydroxylation sites is 1. The number of ether oxygens (including phenoxy) is 1. The molecule has 0 bridgehead atoms. The standard InChI is InChI=1S/C20H22N2O2S/c1-2-24-16-9-7-15(8-10-16)13-20(23)21-11-12-25-19-14-22-18-6-4-3-5-17(18)19/h3-10,14,22H,2,11-13H2,1H3,(H,21,23). The molecule has 4 nitrogen and oxygen atoms in total. The number of hydrogen-bond donors (Lipinski definition) is 2. The van der Waals surface area contributed by atoms with Gasteiger partial charge in [0, 0.05) is 34.3 Å². The third kappa shape index (κ3) is 4.79. The van der Waals surface area contributed by atoms with Crippen molar-refractivity contribution < 1.29 is 9.53 Å². The molecule has 1 amide bonds. The molecule has 0 aliphatic carbocycles. The number of thioether (sulfide) groups is 1. The van der Waals surface area contributed by atoms with Crippen LogP contribution in [0.5, 0.6) is 5.75 Å². The van der Waals surface area contributed by atoms with Gasteiger partial charge >= 0.3 is 0 Å². The van der Waals surface area contributed by atoms with Crippen molar-refractivity contribution >= 4 is 28.6 Å². The third-order valence-corrected chi connectivity index (χ3v) is 4.89. The molecule has 0 aliphatic heterocycles. The number of benzene rings is 2. The van der Waals surface area contributed by atoms with Gasteiger partial charge in [-0.25, -0.2) is 0 Å². The average molecular weight is 354 g/mol. The van der Waals surface area contributed by atoms with E-state index in [2.05, 4.69) is 22.4 Å². The van der Waals surface area contributed by atoms with Gasteiger partial charge in [0.2, 0.25) is 5.91 Å². The van der Waals surface area contributed by atoms with Crippen molar-refractivity contribution in [1.29, 1.82) is 0 Å². The van der Waals surface area contributed by atoms with E-state index in [1.165, 1.54) is 10.3 Å². The first-order valence-corrected chi connectivity index (χ1v) is 9.42. The first kappa shape index (κ1) is 17.4. The Kier molecular flexibility index (Phi) is 6.01. The molecule has 3 aromatic rings. The van der Waals surface area contributed by atoms with Gasteiger partial charge in [-0.05, 0) is 30.7 Å². The molecule has 0 saturated carbocycles. The second-order valence-electron chi connectivity index (χ2n) is 5.65. The molecule has 0 radical (unpaired) electrons. The molecular weight excluding hydrogens is 332 g/mol. The first-order chi connectivity index (χ1) is 12.3. The van der Waals surface area contributed by atoms with Crippen LogP contribution in [-0.2, 0) is 11.2 Å². The maximum absolute atomic E-state index is 12.0. The van der Waals surface area contributed by atoms with E-state index in [4.69, 9.17) is 4.74 Å². The number of carbonyl (C=O) groups excluding carboxylic acids is 1. The van der Waals surface area contributed by atoms with Crippen molar-refractivity contribution in [3.63, 3.8) is 0 Å². The summed E-state index contributed by atoms with van der Waals surface area (Å²) in [6, 6.07) is 15.9. The highest BCUT2D eigenvalue weighted by Crippen LogP contribution is 2.27. The molecular formula is C20H22N2O2S. The number of nitrogens with one attached hydrogen (secondary N) is 2. The van der Waals surface area contributed by atoms with Crippen LogP contribution >= 0.6 is 11.8 Å². The maximum Gasteiger partial charge on any atom is 0.224 e. The zero-order valence-electron chi connectivity index (χ0n) is 14.2. The maximum atomic E-state index is 12.0. The van der Waals surface area contributed by atoms with E-state index in [1.807, 2.05) is 49.5 Å². The van der Waals surface area contributed by atoms with Gasteiger partial charge in [-0.2, -0.15) is 0 Å². The fourth-order valence-corrected chi connectivity index (χ4v) is 3.53. The number of hydrogen-bond acceptors (Lipinski definition) is 3. The molecule has 0 saturated heterocycles. The van der Waals surface area contributed by atoms with Crippen molar-refractivity contribution in [3.8, 4) is 5.75 Å². The smallest absolute Gasteiger partial charge is 0.224 e. The average Bonchev–Trinajstić information content (AvgIpc) is 3.04. The Bertz CT molecular complexity index is 827. The van der Waals surface area contributed by atoms with Crippen LogP contribution in [0.3, 0.4) is 0 Å². The van der Waals surface area contributed by atoms with E-state index in [0.29, 0.717) is 19.6 Å². The molecule has 130 valence electrons. The van der Waals surface area contributed by atoms with Crippen molar-refractivity contribution in [2.24, 2.45) is 0 Å². The number of rotatable bonds is 8. The van der Waals surface area contributed by atoms with E-state index in [9.17, 15) is 4.79 Å². The van der Waals surface area contributed by atoms with Crippen molar-refractivity contribution in [1.82, 2.24) is 10.3 Å². The lowest BCUT2D eigenvalue weighted by molar-refractivity contribution is -0.120. The number of amides is 1. The second-order valence-corrected chi connectivity index (χ2v) is 6.79. The molecule has 0 aliphatic rings. The zero-order valence-corrected chi connectivity index (χ0v) is 15.1. The first-order valence-electron chi connectivity index (χ1n) is 8.43. The summed E-state index contributed by atoms with van der Waals surface area (Å²) in [7, 11) is 0. The molecule has 0 spiro atoms. The minimum atomic E-state index is 0.0451. The lowest BCUT2D eigenvalue weighted by atomic mass is 10.1. The Hall–Kier alpha value is -2.40. The van der Waals surface area contributed by atoms with Crippen LogP contribution in [-0.4, -0.2) is 29.8 Å². The van der Waals surface area contributed by atoms with Gasteiger partial charge in [0.25, 0.3) is 0 Å². The van der Waals surface area contributed by atoms with E-state index in [1.54, 1.807) is 11.8 Å². The van der Waals surface area contributed by atoms with Crippen LogP contribution < -0.4 is 10.1 Å². The van der Waals surface area contributed by atoms with Crippen LogP contribution in [0.15, 0.2) is 59.6 Å². The van der Waals surface area contributed by atoms with E-state index in [-0.39, 0.29) is 5.91 Å². The molecule has 1 aromatic heterocycles. The SMILES string of the molecule is CCOc1ccc(CC(=O)NCCSc2c[nH]c3ccccc23)cc1. The number of aromatic amines is 1. The topological polar surface area (TPSA) is 54.1 Å². The van der Waals surface area contributed by atoms with Crippen molar-refractivity contribution in [2.75, 3.05) is 18.9 Å². The van der Waals surface area contributed by atoms with Crippen LogP contribution in [0.2, 0.25) is 0 Å². The minimum absolute atomic E-state index is 0.0451. The summed E-state index contributed by atoms with van der Waals surface area (Å²) in [5.74, 6) is 1.72. The van der Waals surface area contributed by atoms with Crippen LogP contribution in [0.25, 0.3) is 10.9 Å². The molecule has 25 heavy (non-hydrogen) atoms. The Labute approximate surface area is 152 Å². The quantitative estimate of drug-likeness (QED) is 0.474. The molecule has 0 fully saturated rings. The molecule has 2 aromatic carbocycles. The number of aromatic nitrogens is 1. The number of carbonyl (C=O) groups is 1. The lowest BCUT2D eigenvalue weighted by Gasteiger charge is -2.06. The van der Waals surface area contributed by atoms with Crippen LogP contribution in [0.4, 0.5) is 0 Å². The highest BCUT2D eigenvalue weighted by molar-refractivity contribution is 7.99. The molecule has 5 heteroatoms. The summed E-state index contributed by atoms with van der Waals surface area (Å²) in [4.78, 5) is 16.5. The molecule has 1 heterocycles. The van der Waals surface area contributed by atoms with E-state index >= 15 is 0 Å². The minimum Gasteiger partial charge on any atom is -0.494 e. The summed E-state index contributed by atoms with van der Waals surface area (Å²) in [6.45, 7) is 3.25. The Balaban J connectivity index is 1.42. The molecule has 2 N–H and O–H groups in total. The van der Waals surface area contributed by atoms with Crippen molar-refractivity contribution in [2.45, 2.75) is 18.2 Å². The van der Waals surface area contributed by atoms with Gasteiger partial charge < -0.3 is 15.0 Å². The number of fused-ring (bicyclic) bond motifs is 1. The zero-order chi connectivity index (χ0) is 17.5. The fraction of sp³-hybridized carbons (Fsp3) is 0.250. The lowest BCUT2D eigenvalue weighted by Crippen LogP contribution is -2.27. The molecule has 0 atom stereocenters. The summed E-state index contributed by atoms with van der Waals surface area (Å²) in [5, 5.41) is 4.21. The summed E-state index contributed by atoms with van der Waals surface area (Å²) in [6.07, 6.45) is 2.42. The van der Waals surface area contributed by atoms with Crippen molar-refractivity contribution in [3.05, 3.63) is 60.3 Å². The predicted octanol–water partition coefficient (Wildman–Crippen LogP) is 4.02. The van der Waals surface area contributed by atoms with Gasteiger partial charge in [0.05, 0.1) is 13.0 Å². The third-order valence-electron chi connectivity index (χ3n) is 3.83. The normalized spacial score (nSPS) is 10.8. The van der Waals surface area contributed by atoms with Gasteiger partial charge in [-0.15, -0.1) is 11.8 Å². The molecule has 0 unspecified atom stereocenters. The Morgan fingerprint density at radius 3 is 2.76 bits per heavy atom. The van der Waals surface area contributed by atoms with E-state index in [0.717, 1.165) is 22.6 Å². The number of H-pyrrole nitrogens is 1. The van der Waals surface area contributed by atoms with E-state index < -0.39 is 0 Å². The van der Waals surface area contributed by atoms with Crippen LogP contribution in [0, 0.1) is 0 Å². The Morgan fingerprint density at radius 2 is 1.96 bits per heavy atom. The van der Waals surface area contributed by atoms with Gasteiger partial charge in [0.1, 0.15) is 5.75 Å². The predicted molar refractivity (Wildman–Crippen MR) is 103 cm³/mol. The Morgan fingerprint density at radius 1 is 1.16 bits per heavy atom. The van der Waals surface area contributed by atoms with Crippen LogP contribution in [0.1, 0.15) is 12.5 Å². The highest BCUT2D eigenvalue weighted by Gasteiger charge is 2.05. The fourth-order valence-electron chi connectivity index (χ4n) is 2.63.